The lowest BCUT2D eigenvalue weighted by molar-refractivity contribution is -0.207. The summed E-state index contributed by atoms with van der Waals surface area (Å²) >= 11 is 6.51. The highest BCUT2D eigenvalue weighted by molar-refractivity contribution is 7.63. The van der Waals surface area contributed by atoms with Crippen LogP contribution in [0.3, 0.4) is 0 Å². The molecule has 48 heavy (non-hydrogen) atoms. The lowest BCUT2D eigenvalue weighted by atomic mass is 10.1. The van der Waals surface area contributed by atoms with Crippen LogP contribution in [-0.2, 0) is 37.8 Å². The Hall–Kier alpha value is -2.43. The fourth-order valence-corrected chi connectivity index (χ4v) is 8.04. The number of aromatic nitrogens is 4. The molecule has 2 aromatic heterocycles. The second kappa shape index (κ2) is 13.7. The van der Waals surface area contributed by atoms with Gasteiger partial charge < -0.3 is 33.0 Å². The monoisotopic (exact) mass is 716 g/mol. The second-order valence-corrected chi connectivity index (χ2v) is 18.2. The first-order valence-corrected chi connectivity index (χ1v) is 18.9. The third-order valence-electron chi connectivity index (χ3n) is 8.71. The largest absolute Gasteiger partial charge is 0.443 e. The van der Waals surface area contributed by atoms with Crippen LogP contribution >= 0.6 is 18.7 Å². The Bertz CT molecular complexity index is 1560. The number of fused-ring (bicyclic) bond motifs is 2. The molecule has 2 aliphatic heterocycles. The summed E-state index contributed by atoms with van der Waals surface area (Å²) in [6.45, 7) is 11.6. The number of hydrogen-bond donors (Lipinski definition) is 2. The first kappa shape index (κ1) is 36.8. The van der Waals surface area contributed by atoms with E-state index < -0.39 is 66.8 Å². The minimum absolute atomic E-state index is 0.0997. The molecule has 1 aliphatic carbocycles. The van der Waals surface area contributed by atoms with Crippen molar-refractivity contribution in [2.45, 2.75) is 114 Å². The van der Waals surface area contributed by atoms with Gasteiger partial charge in [0.05, 0.1) is 31.2 Å². The van der Waals surface area contributed by atoms with Crippen LogP contribution in [-0.4, -0.2) is 112 Å². The van der Waals surface area contributed by atoms with Crippen LogP contribution in [0, 0.1) is 0 Å². The summed E-state index contributed by atoms with van der Waals surface area (Å²) in [4.78, 5) is 36.4. The molecule has 0 spiro atoms. The van der Waals surface area contributed by atoms with Gasteiger partial charge >= 0.3 is 6.09 Å². The predicted octanol–water partition coefficient (Wildman–Crippen LogP) is 4.46. The van der Waals surface area contributed by atoms with Gasteiger partial charge in [-0.15, -0.1) is 0 Å². The van der Waals surface area contributed by atoms with Crippen molar-refractivity contribution in [2.75, 3.05) is 38.6 Å². The van der Waals surface area contributed by atoms with Crippen molar-refractivity contribution in [3.63, 3.8) is 0 Å². The molecule has 0 unspecified atom stereocenters. The molecule has 5 rings (SSSR count). The number of rotatable bonds is 11. The molecule has 16 nitrogen and oxygen atoms in total. The molecule has 268 valence electrons. The van der Waals surface area contributed by atoms with E-state index in [2.05, 4.69) is 15.1 Å². The minimum atomic E-state index is -3.19. The van der Waals surface area contributed by atoms with Crippen molar-refractivity contribution in [1.82, 2.24) is 25.2 Å². The Balaban J connectivity index is 1.51. The van der Waals surface area contributed by atoms with Gasteiger partial charge in [0, 0.05) is 13.2 Å². The second-order valence-electron chi connectivity index (χ2n) is 14.3. The topological polar surface area (TPSA) is 186 Å². The molecule has 18 heteroatoms. The summed E-state index contributed by atoms with van der Waals surface area (Å²) in [7, 11) is -1.78. The SMILES string of the molecule is COC[C@](CC(=O)NO)(OC[C@H]1O[C@@H](n2ncc3c(N(C(=O)OC(C)(C)C)C4CCCC4)nc(Cl)nc32)[C@@H]2OC(C)(C)O[C@@H]21)P(C)(C)=O. The molecule has 1 saturated carbocycles. The maximum Gasteiger partial charge on any atom is 0.416 e. The number of nitrogens with one attached hydrogen (secondary N) is 1. The number of carbonyl (C=O) groups excluding carboxylic acids is 2. The van der Waals surface area contributed by atoms with Gasteiger partial charge in [-0.1, -0.05) is 12.8 Å². The molecule has 2 N–H and O–H groups in total. The van der Waals surface area contributed by atoms with Crippen LogP contribution in [0.15, 0.2) is 6.20 Å². The van der Waals surface area contributed by atoms with Crippen LogP contribution in [0.1, 0.15) is 73.0 Å². The predicted molar refractivity (Wildman–Crippen MR) is 174 cm³/mol. The van der Waals surface area contributed by atoms with Crippen molar-refractivity contribution in [1.29, 1.82) is 0 Å². The zero-order valence-electron chi connectivity index (χ0n) is 28.6. The average molecular weight is 717 g/mol. The maximum atomic E-state index is 13.6. The molecule has 0 radical (unpaired) electrons. The van der Waals surface area contributed by atoms with Crippen LogP contribution < -0.4 is 10.4 Å². The number of hydrogen-bond acceptors (Lipinski definition) is 13. The van der Waals surface area contributed by atoms with Gasteiger partial charge in [0.25, 0.3) is 0 Å². The first-order valence-electron chi connectivity index (χ1n) is 15.9. The highest BCUT2D eigenvalue weighted by Gasteiger charge is 2.57. The fraction of sp³-hybridized carbons (Fsp3) is 0.767. The number of methoxy groups -OCH3 is 1. The lowest BCUT2D eigenvalue weighted by Crippen LogP contribution is -2.45. The third kappa shape index (κ3) is 7.51. The van der Waals surface area contributed by atoms with Gasteiger partial charge in [-0.25, -0.2) is 15.0 Å². The van der Waals surface area contributed by atoms with E-state index in [1.807, 2.05) is 0 Å². The quantitative estimate of drug-likeness (QED) is 0.144. The molecule has 5 atom stereocenters. The number of anilines is 1. The summed E-state index contributed by atoms with van der Waals surface area (Å²) < 4.78 is 51.4. The molecule has 0 bridgehead atoms. The molecular formula is C30H46ClN6O10P. The smallest absolute Gasteiger partial charge is 0.416 e. The van der Waals surface area contributed by atoms with E-state index in [-0.39, 0.29) is 30.4 Å². The van der Waals surface area contributed by atoms with Crippen molar-refractivity contribution >= 4 is 47.6 Å². The van der Waals surface area contributed by atoms with Gasteiger partial charge in [0.15, 0.2) is 28.8 Å². The summed E-state index contributed by atoms with van der Waals surface area (Å²) in [6, 6.07) is -0.147. The van der Waals surface area contributed by atoms with Crippen LogP contribution in [0.25, 0.3) is 11.0 Å². The van der Waals surface area contributed by atoms with Gasteiger partial charge in [-0.3, -0.25) is 14.9 Å². The van der Waals surface area contributed by atoms with E-state index in [1.165, 1.54) is 25.1 Å². The van der Waals surface area contributed by atoms with Crippen LogP contribution in [0.5, 0.6) is 0 Å². The Labute approximate surface area is 284 Å². The van der Waals surface area contributed by atoms with E-state index in [4.69, 9.17) is 40.0 Å². The Morgan fingerprint density at radius 3 is 2.46 bits per heavy atom. The Morgan fingerprint density at radius 2 is 1.85 bits per heavy atom. The molecule has 0 aromatic carbocycles. The number of carbonyl (C=O) groups is 2. The summed E-state index contributed by atoms with van der Waals surface area (Å²) in [6.07, 6.45) is 1.03. The molecule has 3 aliphatic rings. The molecule has 2 aromatic rings. The molecule has 4 heterocycles. The van der Waals surface area contributed by atoms with Gasteiger partial charge in [0.2, 0.25) is 11.2 Å². The van der Waals surface area contributed by atoms with Gasteiger partial charge in [-0.05, 0) is 72.4 Å². The van der Waals surface area contributed by atoms with E-state index in [9.17, 15) is 19.4 Å². The van der Waals surface area contributed by atoms with Crippen molar-refractivity contribution < 1.29 is 47.8 Å². The molecular weight excluding hydrogens is 671 g/mol. The number of amides is 2. The van der Waals surface area contributed by atoms with E-state index in [0.29, 0.717) is 11.0 Å². The number of nitrogens with zero attached hydrogens (tertiary/aromatic N) is 5. The van der Waals surface area contributed by atoms with Crippen LogP contribution in [0.4, 0.5) is 10.6 Å². The lowest BCUT2D eigenvalue weighted by Gasteiger charge is -2.37. The number of ether oxygens (including phenoxy) is 6. The van der Waals surface area contributed by atoms with E-state index in [0.717, 1.165) is 25.7 Å². The molecule has 2 amide bonds. The average Bonchev–Trinajstić information content (AvgIpc) is 3.75. The highest BCUT2D eigenvalue weighted by Crippen LogP contribution is 2.55. The third-order valence-corrected chi connectivity index (χ3v) is 11.3. The normalized spacial score (nSPS) is 25.6. The first-order chi connectivity index (χ1) is 22.4. The van der Waals surface area contributed by atoms with Crippen molar-refractivity contribution in [3.05, 3.63) is 11.5 Å². The maximum absolute atomic E-state index is 13.6. The summed E-state index contributed by atoms with van der Waals surface area (Å²) in [5, 5.41) is 12.6. The van der Waals surface area contributed by atoms with E-state index >= 15 is 0 Å². The summed E-state index contributed by atoms with van der Waals surface area (Å²) in [5.41, 5.74) is 1.14. The zero-order chi connectivity index (χ0) is 35.2. The minimum Gasteiger partial charge on any atom is -0.443 e. The Kier molecular flexibility index (Phi) is 10.5. The number of halogens is 1. The Morgan fingerprint density at radius 1 is 1.19 bits per heavy atom. The van der Waals surface area contributed by atoms with Gasteiger partial charge in [0.1, 0.15) is 31.1 Å². The number of hydroxylamine groups is 1. The molecule has 2 saturated heterocycles. The van der Waals surface area contributed by atoms with Crippen molar-refractivity contribution in [3.8, 4) is 0 Å². The van der Waals surface area contributed by atoms with Crippen molar-refractivity contribution in [2.24, 2.45) is 0 Å². The van der Waals surface area contributed by atoms with Crippen LogP contribution in [0.2, 0.25) is 5.28 Å². The summed E-state index contributed by atoms with van der Waals surface area (Å²) in [5.74, 6) is -1.50. The van der Waals surface area contributed by atoms with E-state index in [1.54, 1.807) is 51.2 Å². The fourth-order valence-electron chi connectivity index (χ4n) is 6.53. The standard InChI is InChI=1S/C30H46ClN6O10P/c1-28(2,3)47-27(39)36(17-11-9-10-12-17)23-18-14-32-37(24(18)34-26(31)33-23)25-22-21(45-29(4,5)46-22)19(44-25)15-43-30(16-42-6,48(7,8)41)13-20(38)35-40/h14,17,19,21-22,25,40H,9-13,15-16H2,1-8H3,(H,35,38)/t19-,21-,22-,25-,30-/m1/s1. The van der Waals surface area contributed by atoms with Gasteiger partial charge in [-0.2, -0.15) is 15.1 Å². The highest BCUT2D eigenvalue weighted by atomic mass is 35.5. The molecule has 3 fully saturated rings. The zero-order valence-corrected chi connectivity index (χ0v) is 30.2.